The van der Waals surface area contributed by atoms with Gasteiger partial charge in [-0.25, -0.2) is 4.79 Å². The SMILES string of the molecule is [CH2]/C1=C\CC[C@@]2(C)O[C@H]2[C@H]2OC(=O)C(=C)[C@@H]2CC1. The Balaban J connectivity index is 1.87. The molecule has 0 bridgehead atoms. The van der Waals surface area contributed by atoms with E-state index in [2.05, 4.69) is 26.5 Å². The van der Waals surface area contributed by atoms with Crippen molar-refractivity contribution in [1.29, 1.82) is 0 Å². The summed E-state index contributed by atoms with van der Waals surface area (Å²) < 4.78 is 11.3. The minimum Gasteiger partial charge on any atom is -0.455 e. The van der Waals surface area contributed by atoms with E-state index in [1.807, 2.05) is 0 Å². The summed E-state index contributed by atoms with van der Waals surface area (Å²) in [5, 5.41) is 0. The first kappa shape index (κ1) is 12.0. The van der Waals surface area contributed by atoms with Crippen molar-refractivity contribution < 1.29 is 14.3 Å². The Bertz CT molecular complexity index is 437. The Labute approximate surface area is 108 Å². The van der Waals surface area contributed by atoms with Crippen molar-refractivity contribution in [3.8, 4) is 0 Å². The predicted octanol–water partition coefficient (Wildman–Crippen LogP) is 2.58. The van der Waals surface area contributed by atoms with Gasteiger partial charge in [-0.05, 0) is 39.5 Å². The number of carbonyl (C=O) groups is 1. The van der Waals surface area contributed by atoms with Crippen molar-refractivity contribution in [2.24, 2.45) is 5.92 Å². The maximum atomic E-state index is 11.7. The summed E-state index contributed by atoms with van der Waals surface area (Å²) in [4.78, 5) is 11.7. The summed E-state index contributed by atoms with van der Waals surface area (Å²) in [7, 11) is 0. The molecule has 0 aromatic heterocycles. The Kier molecular flexibility index (Phi) is 2.63. The Morgan fingerprint density at radius 3 is 3.06 bits per heavy atom. The van der Waals surface area contributed by atoms with Crippen molar-refractivity contribution >= 4 is 5.97 Å². The van der Waals surface area contributed by atoms with Gasteiger partial charge in [-0.2, -0.15) is 0 Å². The van der Waals surface area contributed by atoms with Gasteiger partial charge in [0.15, 0.2) is 0 Å². The Hall–Kier alpha value is -1.09. The molecule has 3 rings (SSSR count). The zero-order valence-corrected chi connectivity index (χ0v) is 10.8. The quantitative estimate of drug-likeness (QED) is 0.375. The first-order chi connectivity index (χ1) is 8.51. The molecule has 0 unspecified atom stereocenters. The summed E-state index contributed by atoms with van der Waals surface area (Å²) in [6, 6.07) is 0. The third-order valence-corrected chi connectivity index (χ3v) is 4.44. The summed E-state index contributed by atoms with van der Waals surface area (Å²) in [5.41, 5.74) is 1.61. The summed E-state index contributed by atoms with van der Waals surface area (Å²) in [5.74, 6) is -0.163. The molecule has 4 atom stereocenters. The van der Waals surface area contributed by atoms with Crippen LogP contribution in [0.15, 0.2) is 23.8 Å². The van der Waals surface area contributed by atoms with Crippen LogP contribution in [-0.4, -0.2) is 23.8 Å². The van der Waals surface area contributed by atoms with Crippen molar-refractivity contribution in [1.82, 2.24) is 0 Å². The van der Waals surface area contributed by atoms with E-state index in [9.17, 15) is 4.79 Å². The second-order valence-corrected chi connectivity index (χ2v) is 5.79. The molecular weight excluding hydrogens is 228 g/mol. The van der Waals surface area contributed by atoms with Crippen LogP contribution in [0.4, 0.5) is 0 Å². The molecule has 97 valence electrons. The number of rotatable bonds is 0. The third-order valence-electron chi connectivity index (χ3n) is 4.44. The van der Waals surface area contributed by atoms with Crippen LogP contribution in [0.25, 0.3) is 0 Å². The van der Waals surface area contributed by atoms with Crippen LogP contribution in [0.3, 0.4) is 0 Å². The molecular formula is C15H19O3. The van der Waals surface area contributed by atoms with E-state index in [0.29, 0.717) is 5.57 Å². The number of carbonyl (C=O) groups excluding carboxylic acids is 1. The van der Waals surface area contributed by atoms with E-state index in [1.165, 1.54) is 0 Å². The molecule has 3 nitrogen and oxygen atoms in total. The second-order valence-electron chi connectivity index (χ2n) is 5.79. The summed E-state index contributed by atoms with van der Waals surface area (Å²) in [6.07, 6.45) is 5.82. The average molecular weight is 247 g/mol. The zero-order valence-electron chi connectivity index (χ0n) is 10.8. The number of fused-ring (bicyclic) bond motifs is 3. The van der Waals surface area contributed by atoms with Gasteiger partial charge in [-0.1, -0.05) is 18.2 Å². The van der Waals surface area contributed by atoms with Gasteiger partial charge in [0.25, 0.3) is 0 Å². The lowest BCUT2D eigenvalue weighted by atomic mass is 9.84. The number of ether oxygens (including phenoxy) is 2. The number of epoxide rings is 1. The Morgan fingerprint density at radius 2 is 2.28 bits per heavy atom. The van der Waals surface area contributed by atoms with Gasteiger partial charge in [0.05, 0.1) is 5.60 Å². The average Bonchev–Trinajstić information content (AvgIpc) is 2.90. The monoisotopic (exact) mass is 247 g/mol. The summed E-state index contributed by atoms with van der Waals surface area (Å²) in [6.45, 7) is 10.0. The van der Waals surface area contributed by atoms with Crippen LogP contribution in [0.2, 0.25) is 0 Å². The van der Waals surface area contributed by atoms with E-state index in [-0.39, 0.29) is 29.7 Å². The highest BCUT2D eigenvalue weighted by atomic mass is 16.6. The van der Waals surface area contributed by atoms with Gasteiger partial charge in [0.2, 0.25) is 0 Å². The first-order valence-electron chi connectivity index (χ1n) is 6.60. The van der Waals surface area contributed by atoms with Crippen molar-refractivity contribution in [3.05, 3.63) is 30.7 Å². The van der Waals surface area contributed by atoms with Crippen LogP contribution < -0.4 is 0 Å². The highest BCUT2D eigenvalue weighted by Crippen LogP contribution is 2.49. The van der Waals surface area contributed by atoms with Crippen molar-refractivity contribution in [3.63, 3.8) is 0 Å². The van der Waals surface area contributed by atoms with E-state index in [4.69, 9.17) is 9.47 Å². The maximum Gasteiger partial charge on any atom is 0.334 e. The van der Waals surface area contributed by atoms with Crippen molar-refractivity contribution in [2.45, 2.75) is 50.4 Å². The standard InChI is InChI=1S/C15H19O3/c1-9-5-4-8-15(3)13(18-15)12-11(7-6-9)10(2)14(16)17-12/h5,11-13H,1-2,4,6-8H2,3H3/b9-5+/t11-,12-,13-,15+/m0/s1. The zero-order chi connectivity index (χ0) is 12.9. The molecule has 0 N–H and O–H groups in total. The van der Waals surface area contributed by atoms with Gasteiger partial charge in [0.1, 0.15) is 12.2 Å². The fourth-order valence-corrected chi connectivity index (χ4v) is 3.12. The Morgan fingerprint density at radius 1 is 1.50 bits per heavy atom. The molecule has 2 fully saturated rings. The molecule has 1 radical (unpaired) electrons. The van der Waals surface area contributed by atoms with Crippen LogP contribution in [0, 0.1) is 12.8 Å². The summed E-state index contributed by atoms with van der Waals surface area (Å²) >= 11 is 0. The largest absolute Gasteiger partial charge is 0.455 e. The molecule has 2 heterocycles. The lowest BCUT2D eigenvalue weighted by Crippen LogP contribution is -2.28. The van der Waals surface area contributed by atoms with Gasteiger partial charge in [-0.15, -0.1) is 0 Å². The smallest absolute Gasteiger partial charge is 0.334 e. The number of hydrogen-bond donors (Lipinski definition) is 0. The highest BCUT2D eigenvalue weighted by Gasteiger charge is 2.61. The number of hydrogen-bond acceptors (Lipinski definition) is 3. The van der Waals surface area contributed by atoms with Crippen molar-refractivity contribution in [2.75, 3.05) is 0 Å². The lowest BCUT2D eigenvalue weighted by molar-refractivity contribution is -0.140. The molecule has 3 heteroatoms. The maximum absolute atomic E-state index is 11.7. The van der Waals surface area contributed by atoms with Crippen LogP contribution >= 0.6 is 0 Å². The minimum absolute atomic E-state index is 0.0467. The fraction of sp³-hybridized carbons (Fsp3) is 0.600. The molecule has 0 aromatic rings. The highest BCUT2D eigenvalue weighted by molar-refractivity contribution is 5.91. The minimum atomic E-state index is -0.253. The fourth-order valence-electron chi connectivity index (χ4n) is 3.12. The molecule has 0 aromatic carbocycles. The van der Waals surface area contributed by atoms with E-state index >= 15 is 0 Å². The number of allylic oxidation sites excluding steroid dienone is 2. The molecule has 0 spiro atoms. The lowest BCUT2D eigenvalue weighted by Gasteiger charge is -2.18. The number of esters is 1. The molecule has 0 amide bonds. The van der Waals surface area contributed by atoms with Gasteiger partial charge in [-0.3, -0.25) is 0 Å². The molecule has 2 saturated heterocycles. The van der Waals surface area contributed by atoms with Gasteiger partial charge in [0, 0.05) is 11.5 Å². The third kappa shape index (κ3) is 1.81. The van der Waals surface area contributed by atoms with Crippen LogP contribution in [0.5, 0.6) is 0 Å². The first-order valence-corrected chi connectivity index (χ1v) is 6.60. The van der Waals surface area contributed by atoms with E-state index in [1.54, 1.807) is 0 Å². The topological polar surface area (TPSA) is 38.8 Å². The van der Waals surface area contributed by atoms with E-state index in [0.717, 1.165) is 31.3 Å². The normalized spacial score (nSPS) is 46.6. The van der Waals surface area contributed by atoms with Gasteiger partial charge < -0.3 is 9.47 Å². The molecule has 2 aliphatic heterocycles. The second kappa shape index (κ2) is 3.95. The molecule has 1 aliphatic carbocycles. The predicted molar refractivity (Wildman–Crippen MR) is 67.7 cm³/mol. The molecule has 3 aliphatic rings. The van der Waals surface area contributed by atoms with Gasteiger partial charge >= 0.3 is 5.97 Å². The van der Waals surface area contributed by atoms with Crippen LogP contribution in [-0.2, 0) is 14.3 Å². The molecule has 0 saturated carbocycles. The van der Waals surface area contributed by atoms with E-state index < -0.39 is 0 Å². The van der Waals surface area contributed by atoms with Crippen LogP contribution in [0.1, 0.15) is 32.6 Å². The molecule has 18 heavy (non-hydrogen) atoms.